The largest absolute Gasteiger partial charge is 0.317 e. The SMILES string of the molecule is CCNCC1CCCCN(C)C1c1cscn1. The minimum absolute atomic E-state index is 0.503. The molecule has 2 unspecified atom stereocenters. The molecular weight excluding hydrogens is 230 g/mol. The number of hydrogen-bond donors (Lipinski definition) is 1. The van der Waals surface area contributed by atoms with Gasteiger partial charge in [0.2, 0.25) is 0 Å². The number of nitrogens with zero attached hydrogens (tertiary/aromatic N) is 2. The van der Waals surface area contributed by atoms with Crippen LogP contribution in [0, 0.1) is 5.92 Å². The van der Waals surface area contributed by atoms with E-state index in [9.17, 15) is 0 Å². The Morgan fingerprint density at radius 3 is 3.12 bits per heavy atom. The molecule has 2 atom stereocenters. The maximum absolute atomic E-state index is 4.54. The first kappa shape index (κ1) is 13.0. The molecule has 1 fully saturated rings. The molecule has 1 aliphatic rings. The van der Waals surface area contributed by atoms with Crippen molar-refractivity contribution in [2.24, 2.45) is 5.92 Å². The Hall–Kier alpha value is -0.450. The third-order valence-corrected chi connectivity index (χ3v) is 4.27. The van der Waals surface area contributed by atoms with Gasteiger partial charge in [-0.1, -0.05) is 13.3 Å². The van der Waals surface area contributed by atoms with E-state index in [2.05, 4.69) is 34.6 Å². The van der Waals surface area contributed by atoms with Gasteiger partial charge in [0.05, 0.1) is 17.2 Å². The number of likely N-dealkylation sites (tertiary alicyclic amines) is 1. The van der Waals surface area contributed by atoms with Gasteiger partial charge in [0.25, 0.3) is 0 Å². The summed E-state index contributed by atoms with van der Waals surface area (Å²) in [6, 6.07) is 0.503. The van der Waals surface area contributed by atoms with E-state index in [1.807, 2.05) is 5.51 Å². The molecule has 0 aliphatic carbocycles. The summed E-state index contributed by atoms with van der Waals surface area (Å²) in [6.45, 7) is 5.55. The molecule has 0 saturated carbocycles. The van der Waals surface area contributed by atoms with Crippen molar-refractivity contribution in [1.82, 2.24) is 15.2 Å². The van der Waals surface area contributed by atoms with Crippen molar-refractivity contribution in [1.29, 1.82) is 0 Å². The molecule has 0 bridgehead atoms. The van der Waals surface area contributed by atoms with Gasteiger partial charge in [0, 0.05) is 5.38 Å². The third kappa shape index (κ3) is 3.27. The smallest absolute Gasteiger partial charge is 0.0795 e. The van der Waals surface area contributed by atoms with Gasteiger partial charge in [-0.25, -0.2) is 4.98 Å². The Labute approximate surface area is 108 Å². The van der Waals surface area contributed by atoms with Crippen LogP contribution in [0.15, 0.2) is 10.9 Å². The first-order chi connectivity index (χ1) is 8.33. The first-order valence-electron chi connectivity index (χ1n) is 6.62. The van der Waals surface area contributed by atoms with Crippen molar-refractivity contribution in [3.05, 3.63) is 16.6 Å². The maximum atomic E-state index is 4.54. The van der Waals surface area contributed by atoms with Gasteiger partial charge in [0.15, 0.2) is 0 Å². The summed E-state index contributed by atoms with van der Waals surface area (Å²) >= 11 is 1.71. The molecule has 2 heterocycles. The van der Waals surface area contributed by atoms with Crippen molar-refractivity contribution in [2.75, 3.05) is 26.7 Å². The van der Waals surface area contributed by atoms with Crippen LogP contribution in [0.3, 0.4) is 0 Å². The second-order valence-electron chi connectivity index (χ2n) is 4.90. The summed E-state index contributed by atoms with van der Waals surface area (Å²) in [5.41, 5.74) is 3.22. The first-order valence-corrected chi connectivity index (χ1v) is 7.56. The van der Waals surface area contributed by atoms with E-state index in [1.165, 1.54) is 31.5 Å². The van der Waals surface area contributed by atoms with Crippen molar-refractivity contribution in [3.63, 3.8) is 0 Å². The van der Waals surface area contributed by atoms with E-state index >= 15 is 0 Å². The summed E-state index contributed by atoms with van der Waals surface area (Å²) in [7, 11) is 2.24. The lowest BCUT2D eigenvalue weighted by atomic mass is 9.93. The van der Waals surface area contributed by atoms with Crippen molar-refractivity contribution < 1.29 is 0 Å². The molecule has 3 nitrogen and oxygen atoms in total. The lowest BCUT2D eigenvalue weighted by Crippen LogP contribution is -2.35. The molecule has 96 valence electrons. The second kappa shape index (κ2) is 6.47. The van der Waals surface area contributed by atoms with E-state index in [0.29, 0.717) is 12.0 Å². The minimum atomic E-state index is 0.503. The molecule has 17 heavy (non-hydrogen) atoms. The highest BCUT2D eigenvalue weighted by atomic mass is 32.1. The summed E-state index contributed by atoms with van der Waals surface area (Å²) in [5.74, 6) is 0.699. The van der Waals surface area contributed by atoms with Crippen molar-refractivity contribution >= 4 is 11.3 Å². The number of hydrogen-bond acceptors (Lipinski definition) is 4. The van der Waals surface area contributed by atoms with E-state index in [-0.39, 0.29) is 0 Å². The zero-order chi connectivity index (χ0) is 12.1. The summed E-state index contributed by atoms with van der Waals surface area (Å²) in [4.78, 5) is 7.03. The van der Waals surface area contributed by atoms with Crippen LogP contribution in [0.1, 0.15) is 37.9 Å². The Kier molecular flexibility index (Phi) is 4.95. The van der Waals surface area contributed by atoms with Crippen LogP contribution < -0.4 is 5.32 Å². The fourth-order valence-electron chi connectivity index (χ4n) is 2.80. The monoisotopic (exact) mass is 253 g/mol. The van der Waals surface area contributed by atoms with Gasteiger partial charge in [-0.2, -0.15) is 0 Å². The third-order valence-electron chi connectivity index (χ3n) is 3.67. The highest BCUT2D eigenvalue weighted by Crippen LogP contribution is 2.33. The molecule has 0 amide bonds. The summed E-state index contributed by atoms with van der Waals surface area (Å²) in [5, 5.41) is 5.72. The number of nitrogens with one attached hydrogen (secondary N) is 1. The molecule has 1 aliphatic heterocycles. The molecule has 0 aromatic carbocycles. The number of thiazole rings is 1. The van der Waals surface area contributed by atoms with Gasteiger partial charge < -0.3 is 5.32 Å². The molecule has 2 rings (SSSR count). The minimum Gasteiger partial charge on any atom is -0.317 e. The number of aromatic nitrogens is 1. The second-order valence-corrected chi connectivity index (χ2v) is 5.62. The van der Waals surface area contributed by atoms with Crippen LogP contribution in [0.2, 0.25) is 0 Å². The van der Waals surface area contributed by atoms with Gasteiger partial charge in [-0.3, -0.25) is 4.90 Å². The maximum Gasteiger partial charge on any atom is 0.0795 e. The zero-order valence-electron chi connectivity index (χ0n) is 10.9. The average Bonchev–Trinajstić information content (AvgIpc) is 2.78. The molecule has 4 heteroatoms. The molecule has 1 aromatic heterocycles. The summed E-state index contributed by atoms with van der Waals surface area (Å²) < 4.78 is 0. The van der Waals surface area contributed by atoms with Crippen LogP contribution >= 0.6 is 11.3 Å². The van der Waals surface area contributed by atoms with Crippen LogP contribution in [0.5, 0.6) is 0 Å². The van der Waals surface area contributed by atoms with E-state index in [4.69, 9.17) is 0 Å². The van der Waals surface area contributed by atoms with Crippen LogP contribution in [-0.4, -0.2) is 36.6 Å². The zero-order valence-corrected chi connectivity index (χ0v) is 11.7. The van der Waals surface area contributed by atoms with Gasteiger partial charge >= 0.3 is 0 Å². The topological polar surface area (TPSA) is 28.2 Å². The Morgan fingerprint density at radius 2 is 2.41 bits per heavy atom. The van der Waals surface area contributed by atoms with Crippen molar-refractivity contribution in [3.8, 4) is 0 Å². The Balaban J connectivity index is 2.13. The van der Waals surface area contributed by atoms with Crippen LogP contribution in [0.25, 0.3) is 0 Å². The molecule has 0 radical (unpaired) electrons. The molecule has 1 N–H and O–H groups in total. The number of rotatable bonds is 4. The summed E-state index contributed by atoms with van der Waals surface area (Å²) in [6.07, 6.45) is 3.99. The lowest BCUT2D eigenvalue weighted by Gasteiger charge is -2.31. The quantitative estimate of drug-likeness (QED) is 0.894. The highest BCUT2D eigenvalue weighted by molar-refractivity contribution is 7.07. The van der Waals surface area contributed by atoms with E-state index < -0.39 is 0 Å². The molecule has 0 spiro atoms. The van der Waals surface area contributed by atoms with Gasteiger partial charge in [0.1, 0.15) is 0 Å². The van der Waals surface area contributed by atoms with Gasteiger partial charge in [-0.05, 0) is 45.4 Å². The Morgan fingerprint density at radius 1 is 1.53 bits per heavy atom. The Bertz CT molecular complexity index is 312. The van der Waals surface area contributed by atoms with Crippen LogP contribution in [-0.2, 0) is 0 Å². The van der Waals surface area contributed by atoms with Crippen molar-refractivity contribution in [2.45, 2.75) is 32.2 Å². The molecule has 1 saturated heterocycles. The van der Waals surface area contributed by atoms with Crippen LogP contribution in [0.4, 0.5) is 0 Å². The average molecular weight is 253 g/mol. The molecular formula is C13H23N3S. The predicted molar refractivity (Wildman–Crippen MR) is 73.4 cm³/mol. The predicted octanol–water partition coefficient (Wildman–Crippen LogP) is 2.53. The fourth-order valence-corrected chi connectivity index (χ4v) is 3.39. The highest BCUT2D eigenvalue weighted by Gasteiger charge is 2.29. The van der Waals surface area contributed by atoms with Gasteiger partial charge in [-0.15, -0.1) is 11.3 Å². The lowest BCUT2D eigenvalue weighted by molar-refractivity contribution is 0.186. The van der Waals surface area contributed by atoms with E-state index in [1.54, 1.807) is 11.3 Å². The normalized spacial score (nSPS) is 26.9. The van der Waals surface area contributed by atoms with E-state index in [0.717, 1.165) is 13.1 Å². The standard InChI is InChI=1S/C13H23N3S/c1-3-14-8-11-6-4-5-7-16(2)13(11)12-9-17-10-15-12/h9-11,13-14H,3-8H2,1-2H3. The molecule has 1 aromatic rings. The fraction of sp³-hybridized carbons (Fsp3) is 0.769.